The maximum Gasteiger partial charge on any atom is 0.239 e. The Balaban J connectivity index is 0.00000392. The minimum Gasteiger partial charge on any atom is -0.350 e. The van der Waals surface area contributed by atoms with Crippen LogP contribution in [0.15, 0.2) is 4.99 Å². The minimum atomic E-state index is -0.244. The van der Waals surface area contributed by atoms with Gasteiger partial charge in [0, 0.05) is 51.9 Å². The third kappa shape index (κ3) is 7.38. The third-order valence-corrected chi connectivity index (χ3v) is 5.07. The number of nitrogens with zero attached hydrogens (tertiary/aromatic N) is 4. The molecule has 1 atom stereocenters. The summed E-state index contributed by atoms with van der Waals surface area (Å²) in [6.07, 6.45) is 2.24. The lowest BCUT2D eigenvalue weighted by Gasteiger charge is -2.39. The highest BCUT2D eigenvalue weighted by Gasteiger charge is 2.30. The molecule has 0 saturated carbocycles. The zero-order valence-electron chi connectivity index (χ0n) is 18.0. The molecule has 28 heavy (non-hydrogen) atoms. The van der Waals surface area contributed by atoms with E-state index in [1.165, 1.54) is 0 Å². The van der Waals surface area contributed by atoms with E-state index in [1.807, 2.05) is 32.6 Å². The van der Waals surface area contributed by atoms with Crippen molar-refractivity contribution in [3.63, 3.8) is 0 Å². The monoisotopic (exact) mass is 508 g/mol. The summed E-state index contributed by atoms with van der Waals surface area (Å²) in [4.78, 5) is 35.3. The van der Waals surface area contributed by atoms with Crippen LogP contribution < -0.4 is 10.6 Å². The van der Waals surface area contributed by atoms with Crippen LogP contribution in [0.3, 0.4) is 0 Å². The highest BCUT2D eigenvalue weighted by Crippen LogP contribution is 2.14. The number of guanidine groups is 1. The van der Waals surface area contributed by atoms with Crippen LogP contribution in [0.25, 0.3) is 0 Å². The molecule has 0 aromatic carbocycles. The molecule has 1 unspecified atom stereocenters. The van der Waals surface area contributed by atoms with E-state index in [2.05, 4.69) is 25.4 Å². The molecule has 0 aromatic rings. The Morgan fingerprint density at radius 1 is 1.00 bits per heavy atom. The van der Waals surface area contributed by atoms with Gasteiger partial charge in [0.2, 0.25) is 11.8 Å². The molecule has 0 spiro atoms. The molecule has 0 aliphatic carbocycles. The molecule has 2 N–H and O–H groups in total. The van der Waals surface area contributed by atoms with Crippen LogP contribution >= 0.6 is 24.0 Å². The van der Waals surface area contributed by atoms with E-state index < -0.39 is 0 Å². The molecule has 2 saturated heterocycles. The number of rotatable bonds is 4. The summed E-state index contributed by atoms with van der Waals surface area (Å²) in [5.74, 6) is 0.937. The van der Waals surface area contributed by atoms with Crippen molar-refractivity contribution in [3.05, 3.63) is 0 Å². The Morgan fingerprint density at radius 3 is 2.07 bits per heavy atom. The van der Waals surface area contributed by atoms with Gasteiger partial charge in [-0.2, -0.15) is 0 Å². The summed E-state index contributed by atoms with van der Waals surface area (Å²) in [7, 11) is 1.73. The Hall–Kier alpha value is -1.10. The molecule has 0 aromatic heterocycles. The van der Waals surface area contributed by atoms with Gasteiger partial charge in [0.25, 0.3) is 0 Å². The summed E-state index contributed by atoms with van der Waals surface area (Å²) in [6.45, 7) is 13.1. The lowest BCUT2D eigenvalue weighted by Crippen LogP contribution is -2.57. The Kier molecular flexibility index (Phi) is 9.96. The summed E-state index contributed by atoms with van der Waals surface area (Å²) >= 11 is 0. The van der Waals surface area contributed by atoms with Crippen molar-refractivity contribution < 1.29 is 9.59 Å². The number of carbonyl (C=O) groups is 2. The van der Waals surface area contributed by atoms with Crippen LogP contribution in [-0.2, 0) is 9.59 Å². The van der Waals surface area contributed by atoms with Crippen LogP contribution in [0, 0.1) is 0 Å². The molecule has 2 amide bonds. The lowest BCUT2D eigenvalue weighted by atomic mass is 10.1. The number of piperazine rings is 1. The van der Waals surface area contributed by atoms with E-state index in [-0.39, 0.29) is 53.9 Å². The number of hydrogen-bond donors (Lipinski definition) is 2. The van der Waals surface area contributed by atoms with E-state index >= 15 is 0 Å². The van der Waals surface area contributed by atoms with Crippen LogP contribution in [-0.4, -0.2) is 96.9 Å². The van der Waals surface area contributed by atoms with E-state index in [9.17, 15) is 9.59 Å². The van der Waals surface area contributed by atoms with Gasteiger partial charge in [-0.3, -0.25) is 19.5 Å². The minimum absolute atomic E-state index is 0. The quantitative estimate of drug-likeness (QED) is 0.333. The molecule has 2 aliphatic rings. The largest absolute Gasteiger partial charge is 0.350 e. The topological polar surface area (TPSA) is 80.3 Å². The predicted octanol–water partition coefficient (Wildman–Crippen LogP) is 0.723. The number of hydrogen-bond acceptors (Lipinski definition) is 4. The van der Waals surface area contributed by atoms with Crippen LogP contribution in [0.4, 0.5) is 0 Å². The molecule has 0 radical (unpaired) electrons. The van der Waals surface area contributed by atoms with Crippen LogP contribution in [0.2, 0.25) is 0 Å². The highest BCUT2D eigenvalue weighted by molar-refractivity contribution is 14.0. The summed E-state index contributed by atoms with van der Waals surface area (Å²) < 4.78 is 0. The maximum atomic E-state index is 12.6. The van der Waals surface area contributed by atoms with Crippen molar-refractivity contribution in [2.45, 2.75) is 52.1 Å². The average Bonchev–Trinajstić information content (AvgIpc) is 3.14. The van der Waals surface area contributed by atoms with Gasteiger partial charge >= 0.3 is 0 Å². The fourth-order valence-corrected chi connectivity index (χ4v) is 3.63. The van der Waals surface area contributed by atoms with E-state index in [0.717, 1.165) is 58.1 Å². The Labute approximate surface area is 186 Å². The molecular weight excluding hydrogens is 471 g/mol. The van der Waals surface area contributed by atoms with Crippen molar-refractivity contribution in [1.29, 1.82) is 0 Å². The highest BCUT2D eigenvalue weighted by atomic mass is 127. The molecule has 8 nitrogen and oxygen atoms in total. The number of halogens is 1. The first-order valence-electron chi connectivity index (χ1n) is 10.0. The predicted molar refractivity (Wildman–Crippen MR) is 123 cm³/mol. The van der Waals surface area contributed by atoms with Gasteiger partial charge in [0.05, 0.1) is 12.6 Å². The zero-order chi connectivity index (χ0) is 20.0. The maximum absolute atomic E-state index is 12.6. The molecule has 2 fully saturated rings. The van der Waals surface area contributed by atoms with Crippen LogP contribution in [0.1, 0.15) is 40.5 Å². The standard InChI is InChI=1S/C19H36N6O2.HI/c1-15(17(27)24-8-6-7-9-24)23-10-12-25(13-11-23)18(20-5)21-14-16(26)22-19(2,3)4;/h15H,6-14H2,1-5H3,(H,20,21)(H,22,26);1H. The first-order chi connectivity index (χ1) is 12.7. The Bertz CT molecular complexity index is 549. The van der Waals surface area contributed by atoms with Gasteiger partial charge in [-0.1, -0.05) is 0 Å². The van der Waals surface area contributed by atoms with Crippen molar-refractivity contribution in [2.75, 3.05) is 52.9 Å². The number of nitrogens with one attached hydrogen (secondary N) is 2. The Morgan fingerprint density at radius 2 is 1.57 bits per heavy atom. The van der Waals surface area contributed by atoms with Gasteiger partial charge in [-0.15, -0.1) is 24.0 Å². The summed E-state index contributed by atoms with van der Waals surface area (Å²) in [5.41, 5.74) is -0.244. The number of aliphatic imine (C=N–C) groups is 1. The number of carbonyl (C=O) groups excluding carboxylic acids is 2. The second kappa shape index (κ2) is 11.2. The fraction of sp³-hybridized carbons (Fsp3) is 0.842. The second-order valence-corrected chi connectivity index (χ2v) is 8.43. The molecule has 162 valence electrons. The van der Waals surface area contributed by atoms with Gasteiger partial charge in [0.15, 0.2) is 5.96 Å². The van der Waals surface area contributed by atoms with Gasteiger partial charge in [-0.05, 0) is 40.5 Å². The molecule has 2 aliphatic heterocycles. The van der Waals surface area contributed by atoms with Crippen molar-refractivity contribution >= 4 is 41.8 Å². The lowest BCUT2D eigenvalue weighted by molar-refractivity contribution is -0.135. The van der Waals surface area contributed by atoms with Gasteiger partial charge in [0.1, 0.15) is 0 Å². The summed E-state index contributed by atoms with van der Waals surface area (Å²) in [5, 5.41) is 6.08. The molecular formula is C19H37IN6O2. The molecule has 2 rings (SSSR count). The first kappa shape index (κ1) is 24.9. The zero-order valence-corrected chi connectivity index (χ0v) is 20.3. The normalized spacial score (nSPS) is 19.8. The molecule has 9 heteroatoms. The van der Waals surface area contributed by atoms with E-state index in [0.29, 0.717) is 0 Å². The molecule has 0 bridgehead atoms. The van der Waals surface area contributed by atoms with Crippen molar-refractivity contribution in [3.8, 4) is 0 Å². The number of likely N-dealkylation sites (tertiary alicyclic amines) is 1. The SMILES string of the molecule is CN=C(NCC(=O)NC(C)(C)C)N1CCN(C(C)C(=O)N2CCCC2)CC1.I. The van der Waals surface area contributed by atoms with E-state index in [4.69, 9.17) is 0 Å². The molecule has 2 heterocycles. The van der Waals surface area contributed by atoms with E-state index in [1.54, 1.807) is 7.05 Å². The average molecular weight is 508 g/mol. The van der Waals surface area contributed by atoms with Crippen molar-refractivity contribution in [1.82, 2.24) is 25.3 Å². The summed E-state index contributed by atoms with van der Waals surface area (Å²) in [6, 6.07) is -0.0715. The van der Waals surface area contributed by atoms with Gasteiger partial charge < -0.3 is 20.4 Å². The fourth-order valence-electron chi connectivity index (χ4n) is 3.63. The smallest absolute Gasteiger partial charge is 0.239 e. The van der Waals surface area contributed by atoms with Crippen molar-refractivity contribution in [2.24, 2.45) is 4.99 Å². The van der Waals surface area contributed by atoms with Gasteiger partial charge in [-0.25, -0.2) is 0 Å². The second-order valence-electron chi connectivity index (χ2n) is 8.43. The first-order valence-corrected chi connectivity index (χ1v) is 10.0. The van der Waals surface area contributed by atoms with Crippen LogP contribution in [0.5, 0.6) is 0 Å². The number of amides is 2. The third-order valence-electron chi connectivity index (χ3n) is 5.07.